The number of hydrogen-bond donors (Lipinski definition) is 1. The molecule has 1 N–H and O–H groups in total. The van der Waals surface area contributed by atoms with E-state index in [0.717, 1.165) is 53.4 Å². The fourth-order valence-corrected chi connectivity index (χ4v) is 4.51. The van der Waals surface area contributed by atoms with E-state index in [9.17, 15) is 0 Å². The van der Waals surface area contributed by atoms with E-state index in [4.69, 9.17) is 15.1 Å². The minimum Gasteiger partial charge on any atom is -0.256 e. The molecule has 0 aliphatic heterocycles. The Kier molecular flexibility index (Phi) is 6.00. The number of H-pyrrole nitrogens is 1. The fraction of sp³-hybridized carbons (Fsp3) is 0.417. The normalized spacial score (nSPS) is 14.7. The largest absolute Gasteiger partial charge is 0.256 e. The van der Waals surface area contributed by atoms with Gasteiger partial charge in [-0.15, -0.1) is 5.10 Å². The fourth-order valence-electron chi connectivity index (χ4n) is 4.51. The molecule has 0 saturated heterocycles. The molecule has 4 aromatic rings. The van der Waals surface area contributed by atoms with E-state index < -0.39 is 0 Å². The molecule has 1 aromatic carbocycles. The zero-order valence-corrected chi connectivity index (χ0v) is 18.4. The summed E-state index contributed by atoms with van der Waals surface area (Å²) in [4.78, 5) is 9.72. The first-order valence-electron chi connectivity index (χ1n) is 11.5. The number of tetrazole rings is 1. The molecule has 1 fully saturated rings. The van der Waals surface area contributed by atoms with Gasteiger partial charge in [-0.25, -0.2) is 14.8 Å². The molecule has 3 heterocycles. The van der Waals surface area contributed by atoms with Crippen molar-refractivity contribution in [1.29, 1.82) is 0 Å². The third-order valence-electron chi connectivity index (χ3n) is 6.16. The summed E-state index contributed by atoms with van der Waals surface area (Å²) in [6, 6.07) is 12.2. The second-order valence-electron chi connectivity index (χ2n) is 8.47. The minimum atomic E-state index is 0.517. The molecule has 0 atom stereocenters. The molecule has 32 heavy (non-hydrogen) atoms. The smallest absolute Gasteiger partial charge is 0.180 e. The van der Waals surface area contributed by atoms with Gasteiger partial charge in [0.05, 0.1) is 5.69 Å². The SMILES string of the molecule is CCCn1nc(C2CCCCC2)nc1Cc1ccc(-c2ccccc2-c2nnn[nH]2)nc1. The maximum atomic E-state index is 4.97. The molecule has 0 radical (unpaired) electrons. The van der Waals surface area contributed by atoms with Crippen LogP contribution in [-0.4, -0.2) is 40.4 Å². The molecule has 0 spiro atoms. The summed E-state index contributed by atoms with van der Waals surface area (Å²) in [5.74, 6) is 3.22. The van der Waals surface area contributed by atoms with Gasteiger partial charge in [0.15, 0.2) is 11.6 Å². The lowest BCUT2D eigenvalue weighted by atomic mass is 9.89. The number of hydrogen-bond acceptors (Lipinski definition) is 6. The first-order valence-corrected chi connectivity index (χ1v) is 11.5. The van der Waals surface area contributed by atoms with Crippen molar-refractivity contribution in [2.45, 2.75) is 64.3 Å². The first kappa shape index (κ1) is 20.5. The van der Waals surface area contributed by atoms with Gasteiger partial charge in [0.25, 0.3) is 0 Å². The number of nitrogens with zero attached hydrogens (tertiary/aromatic N) is 7. The number of aryl methyl sites for hydroxylation is 1. The number of nitrogens with one attached hydrogen (secondary N) is 1. The Morgan fingerprint density at radius 2 is 1.88 bits per heavy atom. The van der Waals surface area contributed by atoms with Crippen molar-refractivity contribution in [3.63, 3.8) is 0 Å². The van der Waals surface area contributed by atoms with Crippen LogP contribution in [0, 0.1) is 0 Å². The highest BCUT2D eigenvalue weighted by Crippen LogP contribution is 2.31. The van der Waals surface area contributed by atoms with E-state index in [0.29, 0.717) is 11.7 Å². The molecule has 164 valence electrons. The van der Waals surface area contributed by atoms with Crippen molar-refractivity contribution in [2.75, 3.05) is 0 Å². The van der Waals surface area contributed by atoms with E-state index in [1.807, 2.05) is 30.5 Å². The van der Waals surface area contributed by atoms with E-state index in [1.54, 1.807) is 0 Å². The summed E-state index contributed by atoms with van der Waals surface area (Å²) in [7, 11) is 0. The quantitative estimate of drug-likeness (QED) is 0.463. The summed E-state index contributed by atoms with van der Waals surface area (Å²) in [5, 5.41) is 19.2. The van der Waals surface area contributed by atoms with E-state index in [1.165, 1.54) is 32.1 Å². The van der Waals surface area contributed by atoms with Crippen molar-refractivity contribution >= 4 is 0 Å². The van der Waals surface area contributed by atoms with Crippen LogP contribution in [0.15, 0.2) is 42.6 Å². The first-order chi connectivity index (χ1) is 15.8. The maximum Gasteiger partial charge on any atom is 0.180 e. The van der Waals surface area contributed by atoms with Crippen LogP contribution in [0.4, 0.5) is 0 Å². The Hall–Kier alpha value is -3.42. The van der Waals surface area contributed by atoms with Crippen molar-refractivity contribution in [2.24, 2.45) is 0 Å². The summed E-state index contributed by atoms with van der Waals surface area (Å²) in [6.45, 7) is 3.09. The number of aromatic nitrogens is 8. The highest BCUT2D eigenvalue weighted by atomic mass is 15.5. The molecule has 1 saturated carbocycles. The van der Waals surface area contributed by atoms with Gasteiger partial charge in [0, 0.05) is 36.2 Å². The summed E-state index contributed by atoms with van der Waals surface area (Å²) in [6.07, 6.45) is 10.1. The van der Waals surface area contributed by atoms with E-state index in [-0.39, 0.29) is 0 Å². The molecule has 0 amide bonds. The Bertz CT molecular complexity index is 1140. The van der Waals surface area contributed by atoms with Crippen LogP contribution in [0.5, 0.6) is 0 Å². The number of rotatable bonds is 7. The average molecular weight is 429 g/mol. The predicted octanol–water partition coefficient (Wildman–Crippen LogP) is 4.57. The van der Waals surface area contributed by atoms with Crippen LogP contribution < -0.4 is 0 Å². The second-order valence-corrected chi connectivity index (χ2v) is 8.47. The molecular formula is C24H28N8. The van der Waals surface area contributed by atoms with Crippen molar-refractivity contribution < 1.29 is 0 Å². The topological polar surface area (TPSA) is 98.1 Å². The number of pyridine rings is 1. The zero-order chi connectivity index (χ0) is 21.8. The van der Waals surface area contributed by atoms with E-state index >= 15 is 0 Å². The highest BCUT2D eigenvalue weighted by molar-refractivity contribution is 5.78. The van der Waals surface area contributed by atoms with Crippen LogP contribution >= 0.6 is 0 Å². The third kappa shape index (κ3) is 4.30. The van der Waals surface area contributed by atoms with Gasteiger partial charge in [0.1, 0.15) is 5.82 Å². The molecule has 8 heteroatoms. The van der Waals surface area contributed by atoms with Gasteiger partial charge in [-0.3, -0.25) is 4.98 Å². The van der Waals surface area contributed by atoms with Crippen LogP contribution in [0.25, 0.3) is 22.6 Å². The Balaban J connectivity index is 1.38. The van der Waals surface area contributed by atoms with Gasteiger partial charge in [-0.2, -0.15) is 5.10 Å². The summed E-state index contributed by atoms with van der Waals surface area (Å²) >= 11 is 0. The lowest BCUT2D eigenvalue weighted by Gasteiger charge is -2.18. The predicted molar refractivity (Wildman–Crippen MR) is 122 cm³/mol. The molecule has 0 bridgehead atoms. The van der Waals surface area contributed by atoms with Crippen molar-refractivity contribution in [1.82, 2.24) is 40.4 Å². The van der Waals surface area contributed by atoms with Gasteiger partial charge >= 0.3 is 0 Å². The minimum absolute atomic E-state index is 0.517. The van der Waals surface area contributed by atoms with Crippen LogP contribution in [0.3, 0.4) is 0 Å². The van der Waals surface area contributed by atoms with Crippen molar-refractivity contribution in [3.05, 3.63) is 59.8 Å². The Morgan fingerprint density at radius 1 is 1.03 bits per heavy atom. The lowest BCUT2D eigenvalue weighted by molar-refractivity contribution is 0.425. The molecular weight excluding hydrogens is 400 g/mol. The summed E-state index contributed by atoms with van der Waals surface area (Å²) in [5.41, 5.74) is 3.94. The molecule has 1 aliphatic carbocycles. The van der Waals surface area contributed by atoms with Gasteiger partial charge in [-0.05, 0) is 41.3 Å². The third-order valence-corrected chi connectivity index (χ3v) is 6.16. The molecule has 5 rings (SSSR count). The maximum absolute atomic E-state index is 4.97. The monoisotopic (exact) mass is 428 g/mol. The lowest BCUT2D eigenvalue weighted by Crippen LogP contribution is -2.08. The number of aromatic amines is 1. The average Bonchev–Trinajstić information content (AvgIpc) is 3.51. The number of benzene rings is 1. The van der Waals surface area contributed by atoms with E-state index in [2.05, 4.69) is 44.4 Å². The second kappa shape index (κ2) is 9.38. The molecule has 0 unspecified atom stereocenters. The standard InChI is InChI=1S/C24H28N8/c1-2-14-32-22(26-23(29-32)18-8-4-3-5-9-18)15-17-12-13-21(25-16-17)19-10-6-7-11-20(19)24-27-30-31-28-24/h6-7,10-13,16,18H,2-5,8-9,14-15H2,1H3,(H,27,28,30,31). The molecule has 3 aromatic heterocycles. The van der Waals surface area contributed by atoms with Gasteiger partial charge < -0.3 is 0 Å². The Morgan fingerprint density at radius 3 is 2.59 bits per heavy atom. The molecule has 1 aliphatic rings. The highest BCUT2D eigenvalue weighted by Gasteiger charge is 2.21. The molecule has 8 nitrogen and oxygen atoms in total. The van der Waals surface area contributed by atoms with Gasteiger partial charge in [-0.1, -0.05) is 56.5 Å². The van der Waals surface area contributed by atoms with Gasteiger partial charge in [0.2, 0.25) is 0 Å². The van der Waals surface area contributed by atoms with Crippen LogP contribution in [-0.2, 0) is 13.0 Å². The Labute approximate surface area is 187 Å². The summed E-state index contributed by atoms with van der Waals surface area (Å²) < 4.78 is 2.10. The van der Waals surface area contributed by atoms with Crippen LogP contribution in [0.2, 0.25) is 0 Å². The van der Waals surface area contributed by atoms with Crippen molar-refractivity contribution in [3.8, 4) is 22.6 Å². The zero-order valence-electron chi connectivity index (χ0n) is 18.4. The van der Waals surface area contributed by atoms with Crippen LogP contribution in [0.1, 0.15) is 68.6 Å².